The van der Waals surface area contributed by atoms with E-state index in [0.29, 0.717) is 10.7 Å². The number of anilines is 1. The molecule has 6 nitrogen and oxygen atoms in total. The van der Waals surface area contributed by atoms with Crippen LogP contribution in [0.5, 0.6) is 5.75 Å². The first kappa shape index (κ1) is 22.2. The first-order chi connectivity index (χ1) is 13.0. The van der Waals surface area contributed by atoms with Gasteiger partial charge in [0.1, 0.15) is 10.6 Å². The van der Waals surface area contributed by atoms with Gasteiger partial charge in [-0.1, -0.05) is 37.6 Å². The van der Waals surface area contributed by atoms with Gasteiger partial charge in [0.05, 0.1) is 13.2 Å². The van der Waals surface area contributed by atoms with Gasteiger partial charge >= 0.3 is 0 Å². The van der Waals surface area contributed by atoms with E-state index >= 15 is 0 Å². The normalized spacial score (nSPS) is 12.7. The summed E-state index contributed by atoms with van der Waals surface area (Å²) in [7, 11) is -2.57. The third-order valence-corrected chi connectivity index (χ3v) is 6.28. The van der Waals surface area contributed by atoms with Gasteiger partial charge in [0.25, 0.3) is 0 Å². The standard InChI is InChI=1S/C20H25ClN2O4S/c1-12(2)15-7-9-18(27-5)19(10-15)28(25,26)23-14(4)20(24)22-16-8-6-13(3)17(21)11-16/h6-12,14,23H,1-5H3,(H,22,24). The molecule has 1 amide bonds. The zero-order chi connectivity index (χ0) is 21.1. The van der Waals surface area contributed by atoms with Crippen molar-refractivity contribution in [2.75, 3.05) is 12.4 Å². The second kappa shape index (κ2) is 8.94. The molecule has 0 aliphatic rings. The summed E-state index contributed by atoms with van der Waals surface area (Å²) in [5.41, 5.74) is 2.23. The summed E-state index contributed by atoms with van der Waals surface area (Å²) in [4.78, 5) is 12.4. The van der Waals surface area contributed by atoms with Gasteiger partial charge in [0, 0.05) is 10.7 Å². The van der Waals surface area contributed by atoms with Gasteiger partial charge in [-0.15, -0.1) is 0 Å². The fourth-order valence-corrected chi connectivity index (χ4v) is 4.12. The highest BCUT2D eigenvalue weighted by molar-refractivity contribution is 7.89. The van der Waals surface area contributed by atoms with E-state index in [1.165, 1.54) is 14.0 Å². The predicted octanol–water partition coefficient (Wildman–Crippen LogP) is 4.09. The molecule has 0 bridgehead atoms. The smallest absolute Gasteiger partial charge is 0.244 e. The number of sulfonamides is 1. The molecule has 0 saturated heterocycles. The lowest BCUT2D eigenvalue weighted by Crippen LogP contribution is -2.41. The van der Waals surface area contributed by atoms with Crippen molar-refractivity contribution in [2.24, 2.45) is 0 Å². The number of hydrogen-bond acceptors (Lipinski definition) is 4. The molecule has 0 fully saturated rings. The summed E-state index contributed by atoms with van der Waals surface area (Å²) in [6.07, 6.45) is 0. The van der Waals surface area contributed by atoms with Crippen molar-refractivity contribution in [1.82, 2.24) is 4.72 Å². The molecule has 1 unspecified atom stereocenters. The number of ether oxygens (including phenoxy) is 1. The average molecular weight is 425 g/mol. The molecule has 0 aromatic heterocycles. The molecule has 0 aliphatic heterocycles. The number of halogens is 1. The van der Waals surface area contributed by atoms with Gasteiger partial charge in [-0.05, 0) is 55.2 Å². The van der Waals surface area contributed by atoms with Crippen LogP contribution in [-0.4, -0.2) is 27.5 Å². The predicted molar refractivity (Wildman–Crippen MR) is 112 cm³/mol. The summed E-state index contributed by atoms with van der Waals surface area (Å²) in [6.45, 7) is 7.26. The van der Waals surface area contributed by atoms with E-state index in [1.54, 1.807) is 30.3 Å². The van der Waals surface area contributed by atoms with Gasteiger partial charge in [-0.2, -0.15) is 4.72 Å². The topological polar surface area (TPSA) is 84.5 Å². The van der Waals surface area contributed by atoms with Gasteiger partial charge < -0.3 is 10.1 Å². The fourth-order valence-electron chi connectivity index (χ4n) is 2.53. The highest BCUT2D eigenvalue weighted by Crippen LogP contribution is 2.28. The minimum absolute atomic E-state index is 0.000713. The summed E-state index contributed by atoms with van der Waals surface area (Å²) < 4.78 is 33.3. The van der Waals surface area contributed by atoms with Crippen LogP contribution in [0.15, 0.2) is 41.3 Å². The number of carbonyl (C=O) groups excluding carboxylic acids is 1. The zero-order valence-electron chi connectivity index (χ0n) is 16.5. The van der Waals surface area contributed by atoms with Gasteiger partial charge in [0.2, 0.25) is 15.9 Å². The lowest BCUT2D eigenvalue weighted by atomic mass is 10.0. The van der Waals surface area contributed by atoms with Crippen LogP contribution in [0.1, 0.15) is 37.8 Å². The van der Waals surface area contributed by atoms with E-state index in [1.807, 2.05) is 26.8 Å². The largest absolute Gasteiger partial charge is 0.495 e. The Morgan fingerprint density at radius 2 is 1.79 bits per heavy atom. The molecule has 1 atom stereocenters. The molecular weight excluding hydrogens is 400 g/mol. The Bertz CT molecular complexity index is 974. The van der Waals surface area contributed by atoms with Crippen LogP contribution in [0.3, 0.4) is 0 Å². The Hall–Kier alpha value is -2.09. The van der Waals surface area contributed by atoms with Crippen molar-refractivity contribution in [3.8, 4) is 5.75 Å². The molecule has 0 saturated carbocycles. The van der Waals surface area contributed by atoms with Crippen molar-refractivity contribution in [3.63, 3.8) is 0 Å². The van der Waals surface area contributed by atoms with E-state index in [-0.39, 0.29) is 16.6 Å². The van der Waals surface area contributed by atoms with Crippen LogP contribution >= 0.6 is 11.6 Å². The summed E-state index contributed by atoms with van der Waals surface area (Å²) >= 11 is 6.06. The van der Waals surface area contributed by atoms with Crippen molar-refractivity contribution >= 4 is 33.2 Å². The molecule has 0 radical (unpaired) electrons. The number of aryl methyl sites for hydroxylation is 1. The minimum atomic E-state index is -3.97. The Morgan fingerprint density at radius 1 is 1.11 bits per heavy atom. The molecule has 2 rings (SSSR count). The molecule has 8 heteroatoms. The Balaban J connectivity index is 2.21. The molecule has 0 aliphatic carbocycles. The number of benzene rings is 2. The van der Waals surface area contributed by atoms with Crippen LogP contribution in [0.25, 0.3) is 0 Å². The van der Waals surface area contributed by atoms with Crippen LogP contribution in [-0.2, 0) is 14.8 Å². The maximum Gasteiger partial charge on any atom is 0.244 e. The molecule has 0 heterocycles. The zero-order valence-corrected chi connectivity index (χ0v) is 18.1. The summed E-state index contributed by atoms with van der Waals surface area (Å²) in [5, 5.41) is 3.18. The van der Waals surface area contributed by atoms with E-state index < -0.39 is 22.0 Å². The number of nitrogens with one attached hydrogen (secondary N) is 2. The summed E-state index contributed by atoms with van der Waals surface area (Å²) in [6, 6.07) is 9.09. The van der Waals surface area contributed by atoms with Crippen molar-refractivity contribution in [3.05, 3.63) is 52.5 Å². The second-order valence-electron chi connectivity index (χ2n) is 6.86. The van der Waals surface area contributed by atoms with Crippen LogP contribution in [0.4, 0.5) is 5.69 Å². The number of rotatable bonds is 7. The van der Waals surface area contributed by atoms with E-state index in [9.17, 15) is 13.2 Å². The van der Waals surface area contributed by atoms with E-state index in [0.717, 1.165) is 11.1 Å². The van der Waals surface area contributed by atoms with Crippen molar-refractivity contribution in [1.29, 1.82) is 0 Å². The lowest BCUT2D eigenvalue weighted by Gasteiger charge is -2.17. The number of methoxy groups -OCH3 is 1. The SMILES string of the molecule is COc1ccc(C(C)C)cc1S(=O)(=O)NC(C)C(=O)Nc1ccc(C)c(Cl)c1. The number of amides is 1. The average Bonchev–Trinajstić information content (AvgIpc) is 2.63. The third-order valence-electron chi connectivity index (χ3n) is 4.31. The quantitative estimate of drug-likeness (QED) is 0.701. The summed E-state index contributed by atoms with van der Waals surface area (Å²) in [5.74, 6) is -0.135. The molecule has 2 aromatic rings. The van der Waals surface area contributed by atoms with Gasteiger partial charge in [-0.25, -0.2) is 8.42 Å². The molecule has 2 N–H and O–H groups in total. The number of hydrogen-bond donors (Lipinski definition) is 2. The number of carbonyl (C=O) groups is 1. The van der Waals surface area contributed by atoms with Crippen LogP contribution in [0, 0.1) is 6.92 Å². The Labute approximate surface area is 171 Å². The van der Waals surface area contributed by atoms with E-state index in [2.05, 4.69) is 10.0 Å². The fraction of sp³-hybridized carbons (Fsp3) is 0.350. The maximum atomic E-state index is 12.9. The third kappa shape index (κ3) is 5.25. The van der Waals surface area contributed by atoms with Crippen molar-refractivity contribution in [2.45, 2.75) is 44.6 Å². The highest BCUT2D eigenvalue weighted by atomic mass is 35.5. The first-order valence-corrected chi connectivity index (χ1v) is 10.7. The first-order valence-electron chi connectivity index (χ1n) is 8.82. The second-order valence-corrected chi connectivity index (χ2v) is 8.95. The van der Waals surface area contributed by atoms with E-state index in [4.69, 9.17) is 16.3 Å². The monoisotopic (exact) mass is 424 g/mol. The molecule has 2 aromatic carbocycles. The molecule has 0 spiro atoms. The molecule has 28 heavy (non-hydrogen) atoms. The van der Waals surface area contributed by atoms with Crippen LogP contribution in [0.2, 0.25) is 5.02 Å². The minimum Gasteiger partial charge on any atom is -0.495 e. The highest BCUT2D eigenvalue weighted by Gasteiger charge is 2.26. The van der Waals surface area contributed by atoms with Gasteiger partial charge in [-0.3, -0.25) is 4.79 Å². The maximum absolute atomic E-state index is 12.9. The molecular formula is C20H25ClN2O4S. The lowest BCUT2D eigenvalue weighted by molar-refractivity contribution is -0.117. The Morgan fingerprint density at radius 3 is 2.36 bits per heavy atom. The van der Waals surface area contributed by atoms with Crippen LogP contribution < -0.4 is 14.8 Å². The van der Waals surface area contributed by atoms with Crippen molar-refractivity contribution < 1.29 is 17.9 Å². The Kier molecular flexibility index (Phi) is 7.09. The van der Waals surface area contributed by atoms with Gasteiger partial charge in [0.15, 0.2) is 0 Å². The molecule has 152 valence electrons.